The van der Waals surface area contributed by atoms with Crippen LogP contribution in [0.25, 0.3) is 0 Å². The lowest BCUT2D eigenvalue weighted by Gasteiger charge is -2.24. The minimum Gasteiger partial charge on any atom is -0.334 e. The summed E-state index contributed by atoms with van der Waals surface area (Å²) in [6.07, 6.45) is -2.67. The Labute approximate surface area is 154 Å². The Bertz CT molecular complexity index is 1010. The van der Waals surface area contributed by atoms with Gasteiger partial charge in [-0.2, -0.15) is 18.4 Å². The molecule has 2 aromatic rings. The monoisotopic (exact) mass is 398 g/mol. The Balaban J connectivity index is 1.72. The lowest BCUT2D eigenvalue weighted by Crippen LogP contribution is -2.34. The van der Waals surface area contributed by atoms with Crippen LogP contribution in [0.3, 0.4) is 0 Å². The average Bonchev–Trinajstić information content (AvgIpc) is 3.03. The van der Waals surface area contributed by atoms with E-state index in [2.05, 4.69) is 9.71 Å². The van der Waals surface area contributed by atoms with Crippen molar-refractivity contribution < 1.29 is 21.6 Å². The molecule has 0 fully saturated rings. The van der Waals surface area contributed by atoms with Gasteiger partial charge in [-0.25, -0.2) is 18.1 Å². The summed E-state index contributed by atoms with van der Waals surface area (Å²) >= 11 is 0. The number of aryl methyl sites for hydroxylation is 2. The number of nitriles is 1. The number of alkyl halides is 3. The van der Waals surface area contributed by atoms with Gasteiger partial charge >= 0.3 is 6.18 Å². The zero-order valence-electron chi connectivity index (χ0n) is 14.4. The van der Waals surface area contributed by atoms with Crippen LogP contribution >= 0.6 is 0 Å². The number of imidazole rings is 1. The Kier molecular flexibility index (Phi) is 5.01. The molecule has 3 rings (SSSR count). The fourth-order valence-electron chi connectivity index (χ4n) is 3.13. The third kappa shape index (κ3) is 3.99. The normalized spacial score (nSPS) is 17.4. The molecule has 27 heavy (non-hydrogen) atoms. The predicted molar refractivity (Wildman–Crippen MR) is 90.1 cm³/mol. The minimum absolute atomic E-state index is 0.0696. The van der Waals surface area contributed by atoms with E-state index in [9.17, 15) is 26.9 Å². The van der Waals surface area contributed by atoms with Crippen molar-refractivity contribution in [2.75, 3.05) is 6.54 Å². The molecule has 0 unspecified atom stereocenters. The first-order chi connectivity index (χ1) is 12.6. The molecular weight excluding hydrogens is 381 g/mol. The molecule has 2 heterocycles. The molecule has 1 N–H and O–H groups in total. The molecule has 6 nitrogen and oxygen atoms in total. The molecule has 0 saturated heterocycles. The van der Waals surface area contributed by atoms with E-state index >= 15 is 0 Å². The molecule has 0 aliphatic carbocycles. The highest BCUT2D eigenvalue weighted by atomic mass is 32.2. The minimum atomic E-state index is -4.50. The maximum Gasteiger partial charge on any atom is 0.434 e. The highest BCUT2D eigenvalue weighted by molar-refractivity contribution is 7.89. The number of rotatable bonds is 4. The van der Waals surface area contributed by atoms with Gasteiger partial charge in [-0.1, -0.05) is 12.1 Å². The van der Waals surface area contributed by atoms with Crippen molar-refractivity contribution in [1.82, 2.24) is 14.3 Å². The van der Waals surface area contributed by atoms with Crippen molar-refractivity contribution in [2.45, 2.75) is 37.4 Å². The molecule has 0 saturated carbocycles. The summed E-state index contributed by atoms with van der Waals surface area (Å²) < 4.78 is 67.3. The van der Waals surface area contributed by atoms with Crippen LogP contribution < -0.4 is 4.72 Å². The molecule has 1 aromatic carbocycles. The number of fused-ring (bicyclic) bond motifs is 1. The van der Waals surface area contributed by atoms with Crippen molar-refractivity contribution in [3.63, 3.8) is 0 Å². The van der Waals surface area contributed by atoms with Gasteiger partial charge in [-0.3, -0.25) is 0 Å². The van der Waals surface area contributed by atoms with Crippen LogP contribution in [0.4, 0.5) is 13.2 Å². The van der Waals surface area contributed by atoms with Crippen molar-refractivity contribution in [2.24, 2.45) is 5.92 Å². The first kappa shape index (κ1) is 19.4. The molecule has 0 spiro atoms. The van der Waals surface area contributed by atoms with E-state index in [0.717, 1.165) is 6.20 Å². The van der Waals surface area contributed by atoms with Gasteiger partial charge in [0.25, 0.3) is 0 Å². The van der Waals surface area contributed by atoms with Crippen LogP contribution in [0.2, 0.25) is 0 Å². The number of nitrogens with zero attached hydrogens (tertiary/aromatic N) is 3. The maximum absolute atomic E-state index is 12.8. The van der Waals surface area contributed by atoms with Crippen LogP contribution in [0.5, 0.6) is 0 Å². The summed E-state index contributed by atoms with van der Waals surface area (Å²) in [4.78, 5) is 3.51. The lowest BCUT2D eigenvalue weighted by molar-refractivity contribution is -0.141. The number of aromatic nitrogens is 2. The van der Waals surface area contributed by atoms with Crippen LogP contribution in [0.1, 0.15) is 29.1 Å². The SMILES string of the molecule is Cc1cccc(S(=O)(=O)NC[C@H]2CCc3nc(C(F)(F)F)cn3C2)c1C#N. The molecule has 0 bridgehead atoms. The number of nitrogens with one attached hydrogen (secondary N) is 1. The van der Waals surface area contributed by atoms with E-state index in [1.807, 2.05) is 6.07 Å². The van der Waals surface area contributed by atoms with E-state index in [4.69, 9.17) is 0 Å². The topological polar surface area (TPSA) is 87.8 Å². The number of hydrogen-bond acceptors (Lipinski definition) is 4. The van der Waals surface area contributed by atoms with Crippen LogP contribution in [0.15, 0.2) is 29.3 Å². The number of hydrogen-bond donors (Lipinski definition) is 1. The largest absolute Gasteiger partial charge is 0.434 e. The Hall–Kier alpha value is -2.38. The molecule has 1 aliphatic heterocycles. The van der Waals surface area contributed by atoms with Gasteiger partial charge in [-0.05, 0) is 30.9 Å². The quantitative estimate of drug-likeness (QED) is 0.858. The van der Waals surface area contributed by atoms with Gasteiger partial charge in [0, 0.05) is 25.7 Å². The van der Waals surface area contributed by atoms with Gasteiger partial charge in [0.1, 0.15) is 11.9 Å². The predicted octanol–water partition coefficient (Wildman–Crippen LogP) is 2.62. The van der Waals surface area contributed by atoms with Crippen LogP contribution in [-0.4, -0.2) is 24.5 Å². The van der Waals surface area contributed by atoms with E-state index in [1.54, 1.807) is 19.1 Å². The Morgan fingerprint density at radius 1 is 1.41 bits per heavy atom. The van der Waals surface area contributed by atoms with Crippen LogP contribution in [0, 0.1) is 24.2 Å². The van der Waals surface area contributed by atoms with Crippen molar-refractivity contribution >= 4 is 10.0 Å². The van der Waals surface area contributed by atoms with Gasteiger partial charge in [0.05, 0.1) is 10.5 Å². The second-order valence-corrected chi connectivity index (χ2v) is 8.24. The van der Waals surface area contributed by atoms with Gasteiger partial charge < -0.3 is 4.57 Å². The third-order valence-corrected chi connectivity index (χ3v) is 6.04. The van der Waals surface area contributed by atoms with Gasteiger partial charge in [0.15, 0.2) is 5.69 Å². The summed E-state index contributed by atoms with van der Waals surface area (Å²) in [6.45, 7) is 1.97. The summed E-state index contributed by atoms with van der Waals surface area (Å²) in [5.74, 6) is 0.185. The second-order valence-electron chi connectivity index (χ2n) is 6.51. The number of halogens is 3. The maximum atomic E-state index is 12.8. The molecule has 0 amide bonds. The van der Waals surface area contributed by atoms with Crippen LogP contribution in [-0.2, 0) is 29.2 Å². The lowest BCUT2D eigenvalue weighted by atomic mass is 10.00. The molecule has 1 aliphatic rings. The number of sulfonamides is 1. The first-order valence-electron chi connectivity index (χ1n) is 8.24. The van der Waals surface area contributed by atoms with E-state index < -0.39 is 21.9 Å². The van der Waals surface area contributed by atoms with Crippen molar-refractivity contribution in [3.8, 4) is 6.07 Å². The van der Waals surface area contributed by atoms with E-state index in [-0.39, 0.29) is 29.5 Å². The molecule has 144 valence electrons. The summed E-state index contributed by atoms with van der Waals surface area (Å²) in [5, 5.41) is 9.21. The molecule has 1 atom stereocenters. The molecule has 1 aromatic heterocycles. The average molecular weight is 398 g/mol. The van der Waals surface area contributed by atoms with E-state index in [1.165, 1.54) is 10.6 Å². The summed E-state index contributed by atoms with van der Waals surface area (Å²) in [5.41, 5.74) is -0.293. The van der Waals surface area contributed by atoms with E-state index in [0.29, 0.717) is 24.2 Å². The zero-order valence-corrected chi connectivity index (χ0v) is 15.2. The summed E-state index contributed by atoms with van der Waals surface area (Å²) in [7, 11) is -3.90. The molecule has 10 heteroatoms. The highest BCUT2D eigenvalue weighted by Crippen LogP contribution is 2.30. The van der Waals surface area contributed by atoms with Crippen molar-refractivity contribution in [1.29, 1.82) is 5.26 Å². The first-order valence-corrected chi connectivity index (χ1v) is 9.73. The molecular formula is C17H17F3N4O2S. The highest BCUT2D eigenvalue weighted by Gasteiger charge is 2.36. The van der Waals surface area contributed by atoms with Crippen molar-refractivity contribution in [3.05, 3.63) is 47.0 Å². The fraction of sp³-hybridized carbons (Fsp3) is 0.412. The number of benzene rings is 1. The van der Waals surface area contributed by atoms with Gasteiger partial charge in [0.2, 0.25) is 10.0 Å². The zero-order chi connectivity index (χ0) is 19.8. The third-order valence-electron chi connectivity index (χ3n) is 4.58. The van der Waals surface area contributed by atoms with Gasteiger partial charge in [-0.15, -0.1) is 0 Å². The molecule has 0 radical (unpaired) electrons. The fourth-order valence-corrected chi connectivity index (χ4v) is 4.47. The second kappa shape index (κ2) is 6.98. The standard InChI is InChI=1S/C17H17F3N4O2S/c1-11-3-2-4-14(13(11)7-21)27(25,26)22-8-12-5-6-16-23-15(17(18,19)20)10-24(16)9-12/h2-4,10,12,22H,5-6,8-9H2,1H3/t12-/m1/s1. The summed E-state index contributed by atoms with van der Waals surface area (Å²) in [6, 6.07) is 6.47. The Morgan fingerprint density at radius 2 is 2.15 bits per heavy atom. The Morgan fingerprint density at radius 3 is 2.81 bits per heavy atom. The smallest absolute Gasteiger partial charge is 0.334 e.